The van der Waals surface area contributed by atoms with Crippen molar-refractivity contribution in [3.05, 3.63) is 102 Å². The van der Waals surface area contributed by atoms with E-state index in [4.69, 9.17) is 4.74 Å². The van der Waals surface area contributed by atoms with Gasteiger partial charge in [0.25, 0.3) is 11.8 Å². The Hall–Kier alpha value is -3.97. The largest absolute Gasteiger partial charge is 0.494 e. The summed E-state index contributed by atoms with van der Waals surface area (Å²) in [5.41, 5.74) is 4.97. The van der Waals surface area contributed by atoms with Gasteiger partial charge in [-0.2, -0.15) is 0 Å². The van der Waals surface area contributed by atoms with E-state index in [-0.39, 0.29) is 11.8 Å². The predicted molar refractivity (Wildman–Crippen MR) is 150 cm³/mol. The van der Waals surface area contributed by atoms with E-state index in [9.17, 15) is 9.59 Å². The number of benzene rings is 3. The van der Waals surface area contributed by atoms with Crippen molar-refractivity contribution >= 4 is 23.6 Å². The number of nitrogens with one attached hydrogen (secondary N) is 2. The van der Waals surface area contributed by atoms with Crippen molar-refractivity contribution in [1.29, 1.82) is 0 Å². The lowest BCUT2D eigenvalue weighted by molar-refractivity contribution is 0.0927. The Balaban J connectivity index is 1.46. The van der Waals surface area contributed by atoms with Crippen molar-refractivity contribution in [2.45, 2.75) is 18.7 Å². The number of carbonyl (C=O) groups excluding carboxylic acids is 2. The minimum Gasteiger partial charge on any atom is -0.494 e. The van der Waals surface area contributed by atoms with Crippen LogP contribution in [0.3, 0.4) is 0 Å². The van der Waals surface area contributed by atoms with Gasteiger partial charge in [0.2, 0.25) is 0 Å². The van der Waals surface area contributed by atoms with Crippen molar-refractivity contribution in [3.63, 3.8) is 0 Å². The molecule has 2 amide bonds. The molecule has 0 radical (unpaired) electrons. The molecule has 0 saturated carbocycles. The van der Waals surface area contributed by atoms with E-state index in [1.807, 2.05) is 56.5 Å². The molecular formula is C30H31N3O3S. The Morgan fingerprint density at radius 2 is 1.51 bits per heavy atom. The van der Waals surface area contributed by atoms with Gasteiger partial charge in [-0.3, -0.25) is 9.59 Å². The van der Waals surface area contributed by atoms with Gasteiger partial charge in [0, 0.05) is 34.9 Å². The Labute approximate surface area is 222 Å². The summed E-state index contributed by atoms with van der Waals surface area (Å²) in [5.74, 6) is 0.354. The van der Waals surface area contributed by atoms with Crippen molar-refractivity contribution in [1.82, 2.24) is 15.2 Å². The minimum absolute atomic E-state index is 0.176. The number of carbonyl (C=O) groups is 2. The smallest absolute Gasteiger partial charge is 0.253 e. The fourth-order valence-electron chi connectivity index (χ4n) is 4.14. The van der Waals surface area contributed by atoms with E-state index in [1.54, 1.807) is 36.0 Å². The molecule has 0 spiro atoms. The predicted octanol–water partition coefficient (Wildman–Crippen LogP) is 5.73. The van der Waals surface area contributed by atoms with Gasteiger partial charge in [0.15, 0.2) is 0 Å². The molecule has 0 aliphatic carbocycles. The van der Waals surface area contributed by atoms with Crippen molar-refractivity contribution in [3.8, 4) is 22.7 Å². The SMILES string of the molecule is CCOc1ccc(C(=O)NCCNC(=O)c2cc(-c3ccccc3)n(-c3ccc(SC)cc3)c2C)cc1. The first-order valence-electron chi connectivity index (χ1n) is 12.2. The third-order valence-corrected chi connectivity index (χ3v) is 6.76. The number of aromatic nitrogens is 1. The average Bonchev–Trinajstić information content (AvgIpc) is 3.29. The minimum atomic E-state index is -0.195. The molecule has 0 aliphatic rings. The fourth-order valence-corrected chi connectivity index (χ4v) is 4.55. The second-order valence-corrected chi connectivity index (χ2v) is 9.28. The molecule has 37 heavy (non-hydrogen) atoms. The monoisotopic (exact) mass is 513 g/mol. The Bertz CT molecular complexity index is 1350. The molecule has 0 atom stereocenters. The molecule has 1 aromatic heterocycles. The van der Waals surface area contributed by atoms with Crippen molar-refractivity contribution < 1.29 is 14.3 Å². The molecule has 0 aliphatic heterocycles. The molecule has 0 fully saturated rings. The van der Waals surface area contributed by atoms with E-state index in [0.717, 1.165) is 28.4 Å². The number of nitrogens with zero attached hydrogens (tertiary/aromatic N) is 1. The molecule has 6 nitrogen and oxygen atoms in total. The highest BCUT2D eigenvalue weighted by Crippen LogP contribution is 2.30. The van der Waals surface area contributed by atoms with E-state index in [1.165, 1.54) is 4.90 Å². The summed E-state index contributed by atoms with van der Waals surface area (Å²) >= 11 is 1.69. The van der Waals surface area contributed by atoms with Gasteiger partial charge in [0.05, 0.1) is 17.9 Å². The zero-order chi connectivity index (χ0) is 26.2. The number of thioether (sulfide) groups is 1. The summed E-state index contributed by atoms with van der Waals surface area (Å²) in [6.07, 6.45) is 2.05. The lowest BCUT2D eigenvalue weighted by atomic mass is 10.1. The molecule has 1 heterocycles. The first-order valence-corrected chi connectivity index (χ1v) is 13.5. The summed E-state index contributed by atoms with van der Waals surface area (Å²) < 4.78 is 7.53. The number of hydrogen-bond donors (Lipinski definition) is 2. The summed E-state index contributed by atoms with van der Waals surface area (Å²) in [7, 11) is 0. The number of amides is 2. The third kappa shape index (κ3) is 6.24. The maximum absolute atomic E-state index is 13.2. The van der Waals surface area contributed by atoms with Gasteiger partial charge in [-0.25, -0.2) is 0 Å². The van der Waals surface area contributed by atoms with Gasteiger partial charge in [0.1, 0.15) is 5.75 Å². The Morgan fingerprint density at radius 3 is 2.14 bits per heavy atom. The third-order valence-electron chi connectivity index (χ3n) is 6.02. The number of ether oxygens (including phenoxy) is 1. The Kier molecular flexibility index (Phi) is 8.69. The zero-order valence-corrected chi connectivity index (χ0v) is 22.1. The van der Waals surface area contributed by atoms with Crippen LogP contribution in [0.4, 0.5) is 0 Å². The van der Waals surface area contributed by atoms with Crippen LogP contribution in [0.1, 0.15) is 33.3 Å². The fraction of sp³-hybridized carbons (Fsp3) is 0.200. The second-order valence-electron chi connectivity index (χ2n) is 8.40. The Morgan fingerprint density at radius 1 is 0.865 bits per heavy atom. The molecule has 0 bridgehead atoms. The maximum atomic E-state index is 13.2. The lowest BCUT2D eigenvalue weighted by Crippen LogP contribution is -2.34. The van der Waals surface area contributed by atoms with Gasteiger partial charge in [-0.1, -0.05) is 30.3 Å². The quantitative estimate of drug-likeness (QED) is 0.210. The van der Waals surface area contributed by atoms with Crippen LogP contribution in [0.25, 0.3) is 16.9 Å². The number of hydrogen-bond acceptors (Lipinski definition) is 4. The average molecular weight is 514 g/mol. The standard InChI is InChI=1S/C30H31N3O3S/c1-4-36-25-14-10-23(11-15-25)29(34)31-18-19-32-30(35)27-20-28(22-8-6-5-7-9-22)33(21(27)2)24-12-16-26(37-3)17-13-24/h5-17,20H,4,18-19H2,1-3H3,(H,31,34)(H,32,35). The summed E-state index contributed by atoms with van der Waals surface area (Å²) in [5, 5.41) is 5.79. The molecular weight excluding hydrogens is 482 g/mol. The van der Waals surface area contributed by atoms with Crippen LogP contribution in [-0.4, -0.2) is 42.3 Å². The van der Waals surface area contributed by atoms with E-state index >= 15 is 0 Å². The van der Waals surface area contributed by atoms with E-state index in [2.05, 4.69) is 39.5 Å². The topological polar surface area (TPSA) is 72.4 Å². The molecule has 7 heteroatoms. The van der Waals surface area contributed by atoms with Gasteiger partial charge < -0.3 is 19.9 Å². The number of rotatable bonds is 10. The van der Waals surface area contributed by atoms with Crippen LogP contribution >= 0.6 is 11.8 Å². The molecule has 0 unspecified atom stereocenters. The lowest BCUT2D eigenvalue weighted by Gasteiger charge is -2.13. The van der Waals surface area contributed by atoms with Crippen LogP contribution in [0.2, 0.25) is 0 Å². The van der Waals surface area contributed by atoms with Crippen LogP contribution in [0.5, 0.6) is 5.75 Å². The molecule has 190 valence electrons. The highest BCUT2D eigenvalue weighted by molar-refractivity contribution is 7.98. The van der Waals surface area contributed by atoms with Crippen LogP contribution < -0.4 is 15.4 Å². The summed E-state index contributed by atoms with van der Waals surface area (Å²) in [4.78, 5) is 26.8. The van der Waals surface area contributed by atoms with Crippen LogP contribution in [0.15, 0.2) is 89.8 Å². The van der Waals surface area contributed by atoms with Gasteiger partial charge in [-0.15, -0.1) is 11.8 Å². The van der Waals surface area contributed by atoms with Crippen molar-refractivity contribution in [2.24, 2.45) is 0 Å². The normalized spacial score (nSPS) is 10.7. The maximum Gasteiger partial charge on any atom is 0.253 e. The molecule has 4 rings (SSSR count). The first-order chi connectivity index (χ1) is 18.0. The van der Waals surface area contributed by atoms with Gasteiger partial charge >= 0.3 is 0 Å². The summed E-state index contributed by atoms with van der Waals surface area (Å²) in [6, 6.07) is 27.3. The molecule has 3 aromatic carbocycles. The van der Waals surface area contributed by atoms with Crippen LogP contribution in [-0.2, 0) is 0 Å². The van der Waals surface area contributed by atoms with Gasteiger partial charge in [-0.05, 0) is 80.3 Å². The first kappa shape index (κ1) is 26.1. The summed E-state index contributed by atoms with van der Waals surface area (Å²) in [6.45, 7) is 5.08. The highest BCUT2D eigenvalue weighted by atomic mass is 32.2. The molecule has 2 N–H and O–H groups in total. The molecule has 0 saturated heterocycles. The second kappa shape index (κ2) is 12.3. The van der Waals surface area contributed by atoms with Crippen molar-refractivity contribution in [2.75, 3.05) is 26.0 Å². The molecule has 4 aromatic rings. The van der Waals surface area contributed by atoms with E-state index < -0.39 is 0 Å². The van der Waals surface area contributed by atoms with E-state index in [0.29, 0.717) is 30.8 Å². The van der Waals surface area contributed by atoms with Crippen LogP contribution in [0, 0.1) is 6.92 Å². The zero-order valence-electron chi connectivity index (χ0n) is 21.3. The highest BCUT2D eigenvalue weighted by Gasteiger charge is 2.19.